The van der Waals surface area contributed by atoms with Crippen molar-refractivity contribution < 1.29 is 8.42 Å². The molecule has 0 heterocycles. The molecule has 4 nitrogen and oxygen atoms in total. The molecule has 3 N–H and O–H groups in total. The van der Waals surface area contributed by atoms with Crippen molar-refractivity contribution >= 4 is 21.2 Å². The van der Waals surface area contributed by atoms with Crippen molar-refractivity contribution in [3.05, 3.63) is 18.2 Å². The molecule has 124 valence electrons. The lowest BCUT2D eigenvalue weighted by atomic mass is 9.63. The molecule has 0 aromatic heterocycles. The van der Waals surface area contributed by atoms with Crippen LogP contribution in [0.3, 0.4) is 0 Å². The summed E-state index contributed by atoms with van der Waals surface area (Å²) in [6.07, 6.45) is 4.58. The minimum absolute atomic E-state index is 0.264. The van der Waals surface area contributed by atoms with Crippen LogP contribution in [0.4, 0.5) is 11.4 Å². The lowest BCUT2D eigenvalue weighted by Crippen LogP contribution is -2.40. The molecule has 1 aliphatic carbocycles. The summed E-state index contributed by atoms with van der Waals surface area (Å²) in [7, 11) is -3.22. The lowest BCUT2D eigenvalue weighted by Gasteiger charge is -2.45. The summed E-state index contributed by atoms with van der Waals surface area (Å²) in [4.78, 5) is 0.264. The predicted molar refractivity (Wildman–Crippen MR) is 92.8 cm³/mol. The van der Waals surface area contributed by atoms with Crippen molar-refractivity contribution in [3.63, 3.8) is 0 Å². The second kappa shape index (κ2) is 5.44. The van der Waals surface area contributed by atoms with Gasteiger partial charge < -0.3 is 11.1 Å². The molecule has 0 aliphatic heterocycles. The Hall–Kier alpha value is -1.23. The summed E-state index contributed by atoms with van der Waals surface area (Å²) in [5.74, 6) is 0. The number of sulfone groups is 1. The SMILES string of the molecule is CC1(C)CC(Nc2ccc(S(C)(=O)=O)cc2N)CC(C)(C)C1. The zero-order chi connectivity index (χ0) is 16.8. The quantitative estimate of drug-likeness (QED) is 0.832. The molecule has 0 radical (unpaired) electrons. The van der Waals surface area contributed by atoms with Crippen LogP contribution in [0, 0.1) is 10.8 Å². The van der Waals surface area contributed by atoms with Crippen molar-refractivity contribution in [2.45, 2.75) is 57.9 Å². The monoisotopic (exact) mass is 324 g/mol. The van der Waals surface area contributed by atoms with Gasteiger partial charge in [-0.05, 0) is 48.3 Å². The Morgan fingerprint density at radius 2 is 1.68 bits per heavy atom. The number of benzene rings is 1. The first-order chi connectivity index (χ1) is 9.88. The molecule has 22 heavy (non-hydrogen) atoms. The maximum atomic E-state index is 11.6. The number of hydrogen-bond donors (Lipinski definition) is 2. The van der Waals surface area contributed by atoms with Gasteiger partial charge in [-0.2, -0.15) is 0 Å². The van der Waals surface area contributed by atoms with Crippen molar-refractivity contribution in [2.24, 2.45) is 10.8 Å². The van der Waals surface area contributed by atoms with E-state index < -0.39 is 9.84 Å². The maximum Gasteiger partial charge on any atom is 0.175 e. The number of nitrogen functional groups attached to an aromatic ring is 1. The molecule has 1 aromatic carbocycles. The molecule has 0 atom stereocenters. The molecular formula is C17H28N2O2S. The van der Waals surface area contributed by atoms with Gasteiger partial charge in [0.1, 0.15) is 0 Å². The van der Waals surface area contributed by atoms with E-state index in [-0.39, 0.29) is 4.90 Å². The van der Waals surface area contributed by atoms with E-state index in [4.69, 9.17) is 5.73 Å². The van der Waals surface area contributed by atoms with E-state index in [2.05, 4.69) is 33.0 Å². The topological polar surface area (TPSA) is 72.2 Å². The fourth-order valence-electron chi connectivity index (χ4n) is 4.07. The molecule has 1 saturated carbocycles. The van der Waals surface area contributed by atoms with Gasteiger partial charge in [-0.3, -0.25) is 0 Å². The summed E-state index contributed by atoms with van der Waals surface area (Å²) >= 11 is 0. The van der Waals surface area contributed by atoms with E-state index in [1.165, 1.54) is 18.7 Å². The number of nitrogens with one attached hydrogen (secondary N) is 1. The number of rotatable bonds is 3. The highest BCUT2D eigenvalue weighted by Gasteiger charge is 2.38. The van der Waals surface area contributed by atoms with Gasteiger partial charge in [-0.1, -0.05) is 27.7 Å². The summed E-state index contributed by atoms with van der Waals surface area (Å²) in [6, 6.07) is 5.29. The zero-order valence-electron chi connectivity index (χ0n) is 14.2. The smallest absolute Gasteiger partial charge is 0.175 e. The molecule has 1 aromatic rings. The second-order valence-electron chi connectivity index (χ2n) is 8.28. The number of hydrogen-bond acceptors (Lipinski definition) is 4. The van der Waals surface area contributed by atoms with Crippen molar-refractivity contribution in [3.8, 4) is 0 Å². The third-order valence-electron chi connectivity index (χ3n) is 4.37. The van der Waals surface area contributed by atoms with Crippen LogP contribution in [0.1, 0.15) is 47.0 Å². The van der Waals surface area contributed by atoms with Gasteiger partial charge >= 0.3 is 0 Å². The summed E-state index contributed by atoms with van der Waals surface area (Å²) in [5.41, 5.74) is 7.94. The Balaban J connectivity index is 2.20. The first-order valence-electron chi connectivity index (χ1n) is 7.74. The fourth-order valence-corrected chi connectivity index (χ4v) is 4.73. The molecule has 0 bridgehead atoms. The minimum atomic E-state index is -3.22. The van der Waals surface area contributed by atoms with E-state index in [0.717, 1.165) is 18.5 Å². The van der Waals surface area contributed by atoms with E-state index in [0.29, 0.717) is 22.6 Å². The van der Waals surface area contributed by atoms with Gasteiger partial charge in [-0.25, -0.2) is 8.42 Å². The third-order valence-corrected chi connectivity index (χ3v) is 5.48. The molecule has 0 spiro atoms. The Morgan fingerprint density at radius 1 is 1.14 bits per heavy atom. The lowest BCUT2D eigenvalue weighted by molar-refractivity contribution is 0.105. The van der Waals surface area contributed by atoms with E-state index in [1.807, 2.05) is 0 Å². The Labute approximate surface area is 134 Å². The van der Waals surface area contributed by atoms with Crippen LogP contribution in [0.5, 0.6) is 0 Å². The number of anilines is 2. The van der Waals surface area contributed by atoms with Crippen LogP contribution in [-0.2, 0) is 9.84 Å². The maximum absolute atomic E-state index is 11.6. The van der Waals surface area contributed by atoms with Crippen LogP contribution in [0.25, 0.3) is 0 Å². The van der Waals surface area contributed by atoms with Crippen molar-refractivity contribution in [2.75, 3.05) is 17.3 Å². The Bertz CT molecular complexity index is 647. The molecule has 0 saturated heterocycles. The molecule has 2 rings (SSSR count). The summed E-state index contributed by atoms with van der Waals surface area (Å²) in [6.45, 7) is 9.22. The van der Waals surface area contributed by atoms with Crippen LogP contribution < -0.4 is 11.1 Å². The molecule has 0 unspecified atom stereocenters. The first kappa shape index (κ1) is 17.1. The van der Waals surface area contributed by atoms with Gasteiger partial charge in [-0.15, -0.1) is 0 Å². The molecule has 5 heteroatoms. The summed E-state index contributed by atoms with van der Waals surface area (Å²) < 4.78 is 23.2. The average molecular weight is 324 g/mol. The van der Waals surface area contributed by atoms with E-state index in [9.17, 15) is 8.42 Å². The highest BCUT2D eigenvalue weighted by molar-refractivity contribution is 7.90. The number of nitrogens with two attached hydrogens (primary N) is 1. The minimum Gasteiger partial charge on any atom is -0.397 e. The molecule has 0 amide bonds. The largest absolute Gasteiger partial charge is 0.397 e. The van der Waals surface area contributed by atoms with Crippen LogP contribution >= 0.6 is 0 Å². The van der Waals surface area contributed by atoms with Crippen molar-refractivity contribution in [1.82, 2.24) is 0 Å². The zero-order valence-corrected chi connectivity index (χ0v) is 15.0. The van der Waals surface area contributed by atoms with Gasteiger partial charge in [0, 0.05) is 12.3 Å². The normalized spacial score (nSPS) is 21.5. The standard InChI is InChI=1S/C17H28N2O2S/c1-16(2)9-12(10-17(3,4)11-16)19-15-7-6-13(8-14(15)18)22(5,20)21/h6-8,12,19H,9-11,18H2,1-5H3. The Morgan fingerprint density at radius 3 is 2.14 bits per heavy atom. The van der Waals surface area contributed by atoms with Gasteiger partial charge in [0.25, 0.3) is 0 Å². The molecule has 1 fully saturated rings. The van der Waals surface area contributed by atoms with E-state index in [1.54, 1.807) is 12.1 Å². The molecule has 1 aliphatic rings. The van der Waals surface area contributed by atoms with Gasteiger partial charge in [0.15, 0.2) is 9.84 Å². The predicted octanol–water partition coefficient (Wildman–Crippen LogP) is 3.69. The van der Waals surface area contributed by atoms with Crippen LogP contribution in [-0.4, -0.2) is 20.7 Å². The summed E-state index contributed by atoms with van der Waals surface area (Å²) in [5, 5.41) is 3.52. The molecular weight excluding hydrogens is 296 g/mol. The first-order valence-corrected chi connectivity index (χ1v) is 9.63. The fraction of sp³-hybridized carbons (Fsp3) is 0.647. The Kier molecular flexibility index (Phi) is 4.24. The van der Waals surface area contributed by atoms with Crippen LogP contribution in [0.15, 0.2) is 23.1 Å². The third kappa shape index (κ3) is 4.15. The van der Waals surface area contributed by atoms with Crippen molar-refractivity contribution in [1.29, 1.82) is 0 Å². The van der Waals surface area contributed by atoms with Gasteiger partial charge in [0.05, 0.1) is 16.3 Å². The van der Waals surface area contributed by atoms with E-state index >= 15 is 0 Å². The average Bonchev–Trinajstić information content (AvgIpc) is 2.26. The van der Waals surface area contributed by atoms with Crippen LogP contribution in [0.2, 0.25) is 0 Å². The highest BCUT2D eigenvalue weighted by atomic mass is 32.2. The highest BCUT2D eigenvalue weighted by Crippen LogP contribution is 2.46. The van der Waals surface area contributed by atoms with Gasteiger partial charge in [0.2, 0.25) is 0 Å². The second-order valence-corrected chi connectivity index (χ2v) is 10.3.